The predicted molar refractivity (Wildman–Crippen MR) is 49.7 cm³/mol. The number of hydrogen-bond acceptors (Lipinski definition) is 1. The van der Waals surface area contributed by atoms with Gasteiger partial charge in [-0.1, -0.05) is 45.4 Å². The van der Waals surface area contributed by atoms with E-state index in [1.54, 1.807) is 0 Å². The standard InChI is InChI=1S/C9H19BO/c1-2-3-4-5-6-7-8-9-11-10/h2-9H2,1H3. The Labute approximate surface area is 72.0 Å². The van der Waals surface area contributed by atoms with Crippen molar-refractivity contribution in [3.63, 3.8) is 0 Å². The molecule has 0 saturated heterocycles. The van der Waals surface area contributed by atoms with E-state index < -0.39 is 0 Å². The van der Waals surface area contributed by atoms with Gasteiger partial charge in [-0.25, -0.2) is 0 Å². The molecule has 0 fully saturated rings. The summed E-state index contributed by atoms with van der Waals surface area (Å²) in [6, 6.07) is 0. The van der Waals surface area contributed by atoms with Crippen LogP contribution in [0, 0.1) is 0 Å². The minimum Gasteiger partial charge on any atom is -0.448 e. The first-order valence-corrected chi connectivity index (χ1v) is 4.73. The van der Waals surface area contributed by atoms with Gasteiger partial charge in [-0.05, 0) is 6.42 Å². The molecule has 2 radical (unpaired) electrons. The summed E-state index contributed by atoms with van der Waals surface area (Å²) in [6.07, 6.45) is 9.19. The molecule has 2 heteroatoms. The minimum atomic E-state index is 0.716. The third-order valence-electron chi connectivity index (χ3n) is 1.87. The summed E-state index contributed by atoms with van der Waals surface area (Å²) < 4.78 is 4.47. The van der Waals surface area contributed by atoms with E-state index in [-0.39, 0.29) is 0 Å². The summed E-state index contributed by atoms with van der Waals surface area (Å²) in [5.74, 6) is 0. The largest absolute Gasteiger partial charge is 0.448 e. The molecular weight excluding hydrogens is 135 g/mol. The summed E-state index contributed by atoms with van der Waals surface area (Å²) >= 11 is 0. The maximum Gasteiger partial charge on any atom is 0.282 e. The minimum absolute atomic E-state index is 0.716. The van der Waals surface area contributed by atoms with Crippen LogP contribution in [0.2, 0.25) is 0 Å². The van der Waals surface area contributed by atoms with Crippen molar-refractivity contribution in [1.29, 1.82) is 0 Å². The van der Waals surface area contributed by atoms with Gasteiger partial charge in [-0.15, -0.1) is 0 Å². The number of unbranched alkanes of at least 4 members (excludes halogenated alkanes) is 6. The molecule has 0 aliphatic rings. The summed E-state index contributed by atoms with van der Waals surface area (Å²) in [5.41, 5.74) is 0. The first-order chi connectivity index (χ1) is 5.41. The van der Waals surface area contributed by atoms with Crippen molar-refractivity contribution in [2.45, 2.75) is 51.9 Å². The van der Waals surface area contributed by atoms with Crippen molar-refractivity contribution < 1.29 is 4.65 Å². The lowest BCUT2D eigenvalue weighted by Gasteiger charge is -1.99. The van der Waals surface area contributed by atoms with Crippen molar-refractivity contribution in [2.24, 2.45) is 0 Å². The molecule has 0 amide bonds. The zero-order valence-corrected chi connectivity index (χ0v) is 7.64. The molecule has 0 aromatic carbocycles. The van der Waals surface area contributed by atoms with Crippen molar-refractivity contribution in [2.75, 3.05) is 6.61 Å². The molecule has 1 nitrogen and oxygen atoms in total. The Morgan fingerprint density at radius 3 is 2.00 bits per heavy atom. The molecular formula is C9H19BO. The summed E-state index contributed by atoms with van der Waals surface area (Å²) in [5, 5.41) is 0. The van der Waals surface area contributed by atoms with Crippen molar-refractivity contribution in [3.05, 3.63) is 0 Å². The van der Waals surface area contributed by atoms with Gasteiger partial charge in [0, 0.05) is 6.61 Å². The van der Waals surface area contributed by atoms with Gasteiger partial charge in [0.2, 0.25) is 0 Å². The van der Waals surface area contributed by atoms with Gasteiger partial charge in [-0.2, -0.15) is 0 Å². The molecule has 11 heavy (non-hydrogen) atoms. The first-order valence-electron chi connectivity index (χ1n) is 4.73. The highest BCUT2D eigenvalue weighted by Gasteiger charge is 1.88. The van der Waals surface area contributed by atoms with E-state index in [1.165, 1.54) is 38.5 Å². The smallest absolute Gasteiger partial charge is 0.282 e. The van der Waals surface area contributed by atoms with Crippen LogP contribution in [0.1, 0.15) is 51.9 Å². The maximum atomic E-state index is 4.89. The molecule has 0 unspecified atom stereocenters. The van der Waals surface area contributed by atoms with Crippen molar-refractivity contribution >= 4 is 8.05 Å². The van der Waals surface area contributed by atoms with Gasteiger partial charge in [0.25, 0.3) is 8.05 Å². The summed E-state index contributed by atoms with van der Waals surface area (Å²) in [4.78, 5) is 0. The summed E-state index contributed by atoms with van der Waals surface area (Å²) in [6.45, 7) is 2.95. The van der Waals surface area contributed by atoms with E-state index in [4.69, 9.17) is 8.05 Å². The summed E-state index contributed by atoms with van der Waals surface area (Å²) in [7, 11) is 4.89. The monoisotopic (exact) mass is 154 g/mol. The molecule has 0 aromatic heterocycles. The van der Waals surface area contributed by atoms with Gasteiger partial charge < -0.3 is 4.65 Å². The molecule has 0 heterocycles. The van der Waals surface area contributed by atoms with Crippen LogP contribution < -0.4 is 0 Å². The van der Waals surface area contributed by atoms with Crippen LogP contribution in [0.25, 0.3) is 0 Å². The Hall–Kier alpha value is 0.0249. The second-order valence-corrected chi connectivity index (χ2v) is 2.99. The van der Waals surface area contributed by atoms with Crippen molar-refractivity contribution in [1.82, 2.24) is 0 Å². The van der Waals surface area contributed by atoms with Gasteiger partial charge in [0.15, 0.2) is 0 Å². The zero-order chi connectivity index (χ0) is 8.36. The average molecular weight is 154 g/mol. The topological polar surface area (TPSA) is 9.23 Å². The Morgan fingerprint density at radius 1 is 0.909 bits per heavy atom. The normalized spacial score (nSPS) is 10.3. The fourth-order valence-corrected chi connectivity index (χ4v) is 1.14. The van der Waals surface area contributed by atoms with Gasteiger partial charge in [-0.3, -0.25) is 0 Å². The molecule has 0 aliphatic heterocycles. The van der Waals surface area contributed by atoms with Crippen LogP contribution in [0.3, 0.4) is 0 Å². The molecule has 0 atom stereocenters. The maximum absolute atomic E-state index is 4.89. The number of rotatable bonds is 8. The van der Waals surface area contributed by atoms with E-state index in [9.17, 15) is 0 Å². The zero-order valence-electron chi connectivity index (χ0n) is 7.64. The molecule has 64 valence electrons. The Balaban J connectivity index is 2.69. The fourth-order valence-electron chi connectivity index (χ4n) is 1.14. The van der Waals surface area contributed by atoms with Crippen LogP contribution in [-0.2, 0) is 4.65 Å². The fraction of sp³-hybridized carbons (Fsp3) is 1.00. The second-order valence-electron chi connectivity index (χ2n) is 2.99. The van der Waals surface area contributed by atoms with E-state index >= 15 is 0 Å². The van der Waals surface area contributed by atoms with E-state index in [0.29, 0.717) is 6.61 Å². The molecule has 0 spiro atoms. The van der Waals surface area contributed by atoms with E-state index in [0.717, 1.165) is 6.42 Å². The lowest BCUT2D eigenvalue weighted by atomic mass is 10.1. The average Bonchev–Trinajstić information content (AvgIpc) is 2.03. The molecule has 0 N–H and O–H groups in total. The Bertz CT molecular complexity index is 58.6. The van der Waals surface area contributed by atoms with Crippen LogP contribution in [0.15, 0.2) is 0 Å². The highest BCUT2D eigenvalue weighted by Crippen LogP contribution is 2.06. The highest BCUT2D eigenvalue weighted by molar-refractivity contribution is 5.97. The lowest BCUT2D eigenvalue weighted by molar-refractivity contribution is 0.332. The Morgan fingerprint density at radius 2 is 1.45 bits per heavy atom. The molecule has 0 bridgehead atoms. The lowest BCUT2D eigenvalue weighted by Crippen LogP contribution is -1.89. The molecule has 0 aromatic rings. The Kier molecular flexibility index (Phi) is 10.0. The third kappa shape index (κ3) is 10.0. The van der Waals surface area contributed by atoms with Crippen LogP contribution >= 0.6 is 0 Å². The first kappa shape index (κ1) is 11.0. The van der Waals surface area contributed by atoms with Gasteiger partial charge in [0.05, 0.1) is 0 Å². The number of hydrogen-bond donors (Lipinski definition) is 0. The van der Waals surface area contributed by atoms with Crippen molar-refractivity contribution in [3.8, 4) is 0 Å². The van der Waals surface area contributed by atoms with E-state index in [2.05, 4.69) is 11.6 Å². The van der Waals surface area contributed by atoms with Crippen LogP contribution in [-0.4, -0.2) is 14.7 Å². The molecule has 0 aliphatic carbocycles. The van der Waals surface area contributed by atoms with Gasteiger partial charge >= 0.3 is 0 Å². The highest BCUT2D eigenvalue weighted by atomic mass is 16.4. The quantitative estimate of drug-likeness (QED) is 0.385. The van der Waals surface area contributed by atoms with Gasteiger partial charge in [0.1, 0.15) is 0 Å². The SMILES string of the molecule is [B]OCCCCCCCCC. The second kappa shape index (κ2) is 10.0. The third-order valence-corrected chi connectivity index (χ3v) is 1.87. The van der Waals surface area contributed by atoms with Crippen LogP contribution in [0.5, 0.6) is 0 Å². The van der Waals surface area contributed by atoms with Crippen LogP contribution in [0.4, 0.5) is 0 Å². The molecule has 0 rings (SSSR count). The van der Waals surface area contributed by atoms with E-state index in [1.807, 2.05) is 0 Å². The predicted octanol–water partition coefficient (Wildman–Crippen LogP) is 2.84. The molecule has 0 saturated carbocycles.